The lowest BCUT2D eigenvalue weighted by Crippen LogP contribution is -2.64. The molecule has 5 aliphatic carbocycles. The highest BCUT2D eigenvalue weighted by Gasteiger charge is 2.66. The molecule has 4 N–H and O–H groups in total. The Labute approximate surface area is 213 Å². The van der Waals surface area contributed by atoms with Crippen molar-refractivity contribution in [3.05, 3.63) is 11.6 Å². The molecule has 0 aromatic rings. The molecule has 0 amide bonds. The summed E-state index contributed by atoms with van der Waals surface area (Å²) in [6.45, 7) is 16.9. The van der Waals surface area contributed by atoms with Gasteiger partial charge >= 0.3 is 0 Å². The zero-order valence-corrected chi connectivity index (χ0v) is 23.3. The second-order valence-electron chi connectivity index (χ2n) is 14.9. The molecule has 4 heteroatoms. The molecule has 0 spiro atoms. The predicted molar refractivity (Wildman–Crippen MR) is 139 cm³/mol. The molecule has 0 radical (unpaired) electrons. The maximum atomic E-state index is 11.4. The lowest BCUT2D eigenvalue weighted by Gasteiger charge is -2.63. The third-order valence-electron chi connectivity index (χ3n) is 13.4. The lowest BCUT2D eigenvalue weighted by molar-refractivity contribution is -0.195. The van der Waals surface area contributed by atoms with Gasteiger partial charge in [0.15, 0.2) is 0 Å². The average molecular weight is 489 g/mol. The average Bonchev–Trinajstić information content (AvgIpc) is 3.35. The summed E-state index contributed by atoms with van der Waals surface area (Å²) in [5, 5.41) is 43.2. The quantitative estimate of drug-likeness (QED) is 0.395. The second-order valence-corrected chi connectivity index (χ2v) is 14.9. The minimum Gasteiger partial charge on any atom is -0.393 e. The predicted octanol–water partition coefficient (Wildman–Crippen LogP) is 5.33. The molecule has 0 aromatic carbocycles. The molecule has 13 atom stereocenters. The smallest absolute Gasteiger partial charge is 0.106 e. The SMILES string of the molecule is CC(C)C1(CC[C@@H](C)[C@H]2CC[C@@]3(C)[C@@H]4C[C@H](O)[C@H]5[C@@H](O)[C@H](O)[C@@H](O)C[C@]5(C)C4=CC[C@]23C)CC1C. The molecule has 0 heterocycles. The van der Waals surface area contributed by atoms with Crippen LogP contribution in [0, 0.1) is 57.2 Å². The van der Waals surface area contributed by atoms with Gasteiger partial charge in [-0.05, 0) is 103 Å². The first-order valence-electron chi connectivity index (χ1n) is 14.7. The number of hydrogen-bond acceptors (Lipinski definition) is 4. The van der Waals surface area contributed by atoms with Gasteiger partial charge in [-0.25, -0.2) is 0 Å². The fraction of sp³-hybridized carbons (Fsp3) is 0.935. The van der Waals surface area contributed by atoms with Gasteiger partial charge in [0.1, 0.15) is 6.10 Å². The number of rotatable bonds is 5. The van der Waals surface area contributed by atoms with Crippen LogP contribution in [0.1, 0.15) is 99.8 Å². The van der Waals surface area contributed by atoms with E-state index in [1.54, 1.807) is 0 Å². The van der Waals surface area contributed by atoms with Crippen molar-refractivity contribution >= 4 is 0 Å². The van der Waals surface area contributed by atoms with E-state index in [1.165, 1.54) is 37.7 Å². The van der Waals surface area contributed by atoms with Crippen molar-refractivity contribution in [1.82, 2.24) is 0 Å². The number of hydrogen-bond donors (Lipinski definition) is 4. The van der Waals surface area contributed by atoms with Gasteiger partial charge in [-0.2, -0.15) is 0 Å². The zero-order chi connectivity index (χ0) is 25.7. The van der Waals surface area contributed by atoms with E-state index in [0.29, 0.717) is 30.1 Å². The van der Waals surface area contributed by atoms with Crippen molar-refractivity contribution in [2.24, 2.45) is 57.2 Å². The van der Waals surface area contributed by atoms with Crippen LogP contribution >= 0.6 is 0 Å². The van der Waals surface area contributed by atoms with Gasteiger partial charge in [0, 0.05) is 5.92 Å². The summed E-state index contributed by atoms with van der Waals surface area (Å²) < 4.78 is 0. The fourth-order valence-corrected chi connectivity index (χ4v) is 10.7. The molecule has 5 rings (SSSR count). The number of allylic oxidation sites excluding steroid dienone is 2. The van der Waals surface area contributed by atoms with E-state index in [1.807, 2.05) is 0 Å². The van der Waals surface area contributed by atoms with Gasteiger partial charge < -0.3 is 20.4 Å². The molecule has 0 saturated heterocycles. The van der Waals surface area contributed by atoms with Crippen LogP contribution in [-0.2, 0) is 0 Å². The van der Waals surface area contributed by atoms with Gasteiger partial charge in [0.05, 0.1) is 18.3 Å². The monoisotopic (exact) mass is 488 g/mol. The topological polar surface area (TPSA) is 80.9 Å². The fourth-order valence-electron chi connectivity index (χ4n) is 10.7. The van der Waals surface area contributed by atoms with Gasteiger partial charge in [-0.3, -0.25) is 0 Å². The van der Waals surface area contributed by atoms with Crippen molar-refractivity contribution in [3.8, 4) is 0 Å². The summed E-state index contributed by atoms with van der Waals surface area (Å²) >= 11 is 0. The Hall–Kier alpha value is -0.420. The third kappa shape index (κ3) is 3.45. The first-order chi connectivity index (χ1) is 16.2. The first kappa shape index (κ1) is 26.2. The Balaban J connectivity index is 1.41. The van der Waals surface area contributed by atoms with Gasteiger partial charge in [0.2, 0.25) is 0 Å². The van der Waals surface area contributed by atoms with Gasteiger partial charge in [-0.15, -0.1) is 0 Å². The summed E-state index contributed by atoms with van der Waals surface area (Å²) in [6, 6.07) is 0. The van der Waals surface area contributed by atoms with E-state index in [0.717, 1.165) is 18.3 Å². The number of aliphatic hydroxyl groups is 4. The Morgan fingerprint density at radius 3 is 2.20 bits per heavy atom. The maximum Gasteiger partial charge on any atom is 0.106 e. The van der Waals surface area contributed by atoms with Crippen molar-refractivity contribution in [2.45, 2.75) is 124 Å². The molecule has 35 heavy (non-hydrogen) atoms. The van der Waals surface area contributed by atoms with E-state index in [4.69, 9.17) is 0 Å². The molecule has 4 nitrogen and oxygen atoms in total. The van der Waals surface area contributed by atoms with Crippen LogP contribution in [0.15, 0.2) is 11.6 Å². The Morgan fingerprint density at radius 2 is 1.60 bits per heavy atom. The van der Waals surface area contributed by atoms with Gasteiger partial charge in [0.25, 0.3) is 0 Å². The Kier molecular flexibility index (Phi) is 6.20. The van der Waals surface area contributed by atoms with Crippen LogP contribution in [0.3, 0.4) is 0 Å². The van der Waals surface area contributed by atoms with E-state index >= 15 is 0 Å². The molecule has 0 aliphatic heterocycles. The highest BCUT2D eigenvalue weighted by molar-refractivity contribution is 5.34. The van der Waals surface area contributed by atoms with E-state index < -0.39 is 35.7 Å². The van der Waals surface area contributed by atoms with Crippen LogP contribution in [0.4, 0.5) is 0 Å². The number of aliphatic hydroxyl groups excluding tert-OH is 4. The summed E-state index contributed by atoms with van der Waals surface area (Å²) in [7, 11) is 0. The third-order valence-corrected chi connectivity index (χ3v) is 13.4. The van der Waals surface area contributed by atoms with E-state index in [-0.39, 0.29) is 16.7 Å². The summed E-state index contributed by atoms with van der Waals surface area (Å²) in [5.41, 5.74) is 1.76. The van der Waals surface area contributed by atoms with Gasteiger partial charge in [-0.1, -0.05) is 60.1 Å². The minimum absolute atomic E-state index is 0.111. The van der Waals surface area contributed by atoms with Crippen molar-refractivity contribution in [1.29, 1.82) is 0 Å². The number of fused-ring (bicyclic) bond motifs is 5. The van der Waals surface area contributed by atoms with Crippen LogP contribution in [0.2, 0.25) is 0 Å². The molecule has 0 aromatic heterocycles. The highest BCUT2D eigenvalue weighted by atomic mass is 16.4. The zero-order valence-electron chi connectivity index (χ0n) is 23.3. The van der Waals surface area contributed by atoms with Crippen molar-refractivity contribution < 1.29 is 20.4 Å². The van der Waals surface area contributed by atoms with Crippen molar-refractivity contribution in [2.75, 3.05) is 0 Å². The van der Waals surface area contributed by atoms with E-state index in [2.05, 4.69) is 54.5 Å². The van der Waals surface area contributed by atoms with Crippen LogP contribution in [0.5, 0.6) is 0 Å². The second kappa shape index (κ2) is 8.29. The molecule has 200 valence electrons. The highest BCUT2D eigenvalue weighted by Crippen LogP contribution is 2.72. The van der Waals surface area contributed by atoms with E-state index in [9.17, 15) is 20.4 Å². The molecular formula is C31H52O4. The van der Waals surface area contributed by atoms with Crippen molar-refractivity contribution in [3.63, 3.8) is 0 Å². The molecule has 4 saturated carbocycles. The lowest BCUT2D eigenvalue weighted by atomic mass is 9.43. The standard InChI is InChI=1S/C31H52O4/c1-17(2)31(15-19(31)4)13-8-18(3)20-9-11-30(7)22-14-23(32)25-27(35)26(34)24(33)16-28(25,5)21(22)10-12-29(20,30)6/h10,17-20,22-27,32-35H,8-9,11-16H2,1-7H3/t18-,19?,20-,22-,23+,24+,25+,26-,27-,28-,29-,30+,31?/m1/s1. The van der Waals surface area contributed by atoms with Crippen LogP contribution in [0.25, 0.3) is 0 Å². The first-order valence-corrected chi connectivity index (χ1v) is 14.7. The summed E-state index contributed by atoms with van der Waals surface area (Å²) in [6.07, 6.45) is 7.22. The Morgan fingerprint density at radius 1 is 0.943 bits per heavy atom. The summed E-state index contributed by atoms with van der Waals surface area (Å²) in [5.74, 6) is 2.89. The molecule has 4 fully saturated rings. The largest absolute Gasteiger partial charge is 0.393 e. The Bertz CT molecular complexity index is 868. The molecular weight excluding hydrogens is 436 g/mol. The molecule has 0 bridgehead atoms. The normalized spacial score (nSPS) is 56.2. The van der Waals surface area contributed by atoms with Crippen LogP contribution in [-0.4, -0.2) is 44.8 Å². The maximum absolute atomic E-state index is 11.4. The summed E-state index contributed by atoms with van der Waals surface area (Å²) in [4.78, 5) is 0. The minimum atomic E-state index is -1.18. The molecule has 5 aliphatic rings. The van der Waals surface area contributed by atoms with Crippen LogP contribution < -0.4 is 0 Å². The molecule has 2 unspecified atom stereocenters.